The molecule has 24 heavy (non-hydrogen) atoms. The summed E-state index contributed by atoms with van der Waals surface area (Å²) in [6.45, 7) is 3.50. The average Bonchev–Trinajstić information content (AvgIpc) is 3.28. The molecule has 1 unspecified atom stereocenters. The topological polar surface area (TPSA) is 96.3 Å². The summed E-state index contributed by atoms with van der Waals surface area (Å²) in [6.07, 6.45) is 2.12. The molecule has 0 aliphatic heterocycles. The van der Waals surface area contributed by atoms with Crippen molar-refractivity contribution in [3.8, 4) is 0 Å². The first-order valence-electron chi connectivity index (χ1n) is 7.93. The number of aromatic nitrogens is 1. The molecular formula is C17H20N4O3. The summed E-state index contributed by atoms with van der Waals surface area (Å²) < 4.78 is 4.91. The third-order valence-corrected chi connectivity index (χ3v) is 3.72. The minimum atomic E-state index is -0.465. The van der Waals surface area contributed by atoms with E-state index in [1.54, 1.807) is 44.2 Å². The van der Waals surface area contributed by atoms with Crippen molar-refractivity contribution in [1.29, 1.82) is 0 Å². The summed E-state index contributed by atoms with van der Waals surface area (Å²) in [6, 6.07) is 8.57. The number of rotatable bonds is 6. The van der Waals surface area contributed by atoms with Gasteiger partial charge in [0, 0.05) is 23.4 Å². The minimum absolute atomic E-state index is 0.0590. The van der Waals surface area contributed by atoms with Crippen molar-refractivity contribution in [2.45, 2.75) is 38.8 Å². The molecule has 1 aliphatic rings. The van der Waals surface area contributed by atoms with Gasteiger partial charge in [0.2, 0.25) is 5.91 Å². The van der Waals surface area contributed by atoms with Gasteiger partial charge in [-0.15, -0.1) is 0 Å². The monoisotopic (exact) mass is 328 g/mol. The molecule has 1 aromatic carbocycles. The Kier molecular flexibility index (Phi) is 4.50. The van der Waals surface area contributed by atoms with Gasteiger partial charge in [-0.1, -0.05) is 5.16 Å². The number of hydrogen-bond donors (Lipinski definition) is 3. The van der Waals surface area contributed by atoms with Crippen molar-refractivity contribution in [3.05, 3.63) is 41.7 Å². The summed E-state index contributed by atoms with van der Waals surface area (Å²) in [5, 5.41) is 12.4. The zero-order chi connectivity index (χ0) is 17.1. The van der Waals surface area contributed by atoms with Crippen LogP contribution >= 0.6 is 0 Å². The molecule has 0 saturated heterocycles. The van der Waals surface area contributed by atoms with Crippen molar-refractivity contribution in [1.82, 2.24) is 10.5 Å². The fourth-order valence-electron chi connectivity index (χ4n) is 2.19. The lowest BCUT2D eigenvalue weighted by atomic mass is 10.2. The molecule has 7 nitrogen and oxygen atoms in total. The molecule has 0 radical (unpaired) electrons. The fourth-order valence-corrected chi connectivity index (χ4v) is 2.19. The van der Waals surface area contributed by atoms with Gasteiger partial charge in [0.05, 0.1) is 0 Å². The van der Waals surface area contributed by atoms with Crippen LogP contribution in [0.1, 0.15) is 35.9 Å². The van der Waals surface area contributed by atoms with E-state index < -0.39 is 6.04 Å². The number of nitrogens with zero attached hydrogens (tertiary/aromatic N) is 1. The lowest BCUT2D eigenvalue weighted by Gasteiger charge is -2.14. The molecule has 3 N–H and O–H groups in total. The van der Waals surface area contributed by atoms with Crippen LogP contribution in [-0.4, -0.2) is 29.1 Å². The third-order valence-electron chi connectivity index (χ3n) is 3.72. The highest BCUT2D eigenvalue weighted by molar-refractivity contribution is 5.96. The van der Waals surface area contributed by atoms with Crippen LogP contribution in [0.4, 0.5) is 11.5 Å². The number of benzene rings is 1. The Balaban J connectivity index is 1.54. The summed E-state index contributed by atoms with van der Waals surface area (Å²) in [5.41, 5.74) is 1.37. The van der Waals surface area contributed by atoms with Gasteiger partial charge in [-0.3, -0.25) is 9.59 Å². The second kappa shape index (κ2) is 6.74. The van der Waals surface area contributed by atoms with Crippen LogP contribution in [0.5, 0.6) is 0 Å². The first kappa shape index (κ1) is 16.0. The molecule has 1 atom stereocenters. The number of hydrogen-bond acceptors (Lipinski definition) is 5. The maximum atomic E-state index is 12.1. The fraction of sp³-hybridized carbons (Fsp3) is 0.353. The number of nitrogens with one attached hydrogen (secondary N) is 3. The van der Waals surface area contributed by atoms with Gasteiger partial charge in [0.15, 0.2) is 5.82 Å². The van der Waals surface area contributed by atoms with Crippen LogP contribution in [0.15, 0.2) is 34.9 Å². The van der Waals surface area contributed by atoms with Crippen LogP contribution in [0.2, 0.25) is 0 Å². The van der Waals surface area contributed by atoms with E-state index in [-0.39, 0.29) is 11.8 Å². The van der Waals surface area contributed by atoms with Crippen molar-refractivity contribution < 1.29 is 14.1 Å². The van der Waals surface area contributed by atoms with Crippen LogP contribution in [0, 0.1) is 6.92 Å². The Hall–Kier alpha value is -2.83. The number of amides is 2. The molecular weight excluding hydrogens is 308 g/mol. The zero-order valence-corrected chi connectivity index (χ0v) is 13.6. The van der Waals surface area contributed by atoms with Gasteiger partial charge in [0.1, 0.15) is 11.8 Å². The SMILES string of the molecule is Cc1cc(NC(=O)C(C)Nc2ccc(C(=O)NC3CC3)cc2)no1. The van der Waals surface area contributed by atoms with E-state index in [0.29, 0.717) is 23.2 Å². The molecule has 1 aromatic heterocycles. The maximum absolute atomic E-state index is 12.1. The first-order valence-corrected chi connectivity index (χ1v) is 7.93. The summed E-state index contributed by atoms with van der Waals surface area (Å²) >= 11 is 0. The van der Waals surface area contributed by atoms with Crippen molar-refractivity contribution >= 4 is 23.3 Å². The predicted molar refractivity (Wildman–Crippen MR) is 89.9 cm³/mol. The largest absolute Gasteiger partial charge is 0.374 e. The second-order valence-corrected chi connectivity index (χ2v) is 6.00. The molecule has 1 saturated carbocycles. The predicted octanol–water partition coefficient (Wildman–Crippen LogP) is 2.31. The average molecular weight is 328 g/mol. The van der Waals surface area contributed by atoms with Gasteiger partial charge in [-0.25, -0.2) is 0 Å². The molecule has 0 spiro atoms. The molecule has 126 valence electrons. The lowest BCUT2D eigenvalue weighted by molar-refractivity contribution is -0.116. The number of anilines is 2. The van der Waals surface area contributed by atoms with Gasteiger partial charge in [-0.2, -0.15) is 0 Å². The summed E-state index contributed by atoms with van der Waals surface area (Å²) in [5.74, 6) is 0.735. The summed E-state index contributed by atoms with van der Waals surface area (Å²) in [4.78, 5) is 24.0. The summed E-state index contributed by atoms with van der Waals surface area (Å²) in [7, 11) is 0. The Labute approximate surface area is 139 Å². The van der Waals surface area contributed by atoms with Gasteiger partial charge in [-0.05, 0) is 51.0 Å². The van der Waals surface area contributed by atoms with E-state index in [1.807, 2.05) is 0 Å². The van der Waals surface area contributed by atoms with E-state index in [2.05, 4.69) is 21.1 Å². The van der Waals surface area contributed by atoms with Gasteiger partial charge >= 0.3 is 0 Å². The van der Waals surface area contributed by atoms with E-state index in [4.69, 9.17) is 4.52 Å². The Bertz CT molecular complexity index is 735. The highest BCUT2D eigenvalue weighted by Gasteiger charge is 2.23. The maximum Gasteiger partial charge on any atom is 0.251 e. The first-order chi connectivity index (χ1) is 11.5. The third kappa shape index (κ3) is 4.13. The Morgan fingerprint density at radius 2 is 1.96 bits per heavy atom. The minimum Gasteiger partial charge on any atom is -0.374 e. The highest BCUT2D eigenvalue weighted by Crippen LogP contribution is 2.20. The van der Waals surface area contributed by atoms with E-state index >= 15 is 0 Å². The van der Waals surface area contributed by atoms with E-state index in [1.165, 1.54) is 0 Å². The van der Waals surface area contributed by atoms with Gasteiger partial charge in [0.25, 0.3) is 5.91 Å². The van der Waals surface area contributed by atoms with Crippen molar-refractivity contribution in [2.24, 2.45) is 0 Å². The molecule has 7 heteroatoms. The Morgan fingerprint density at radius 3 is 2.54 bits per heavy atom. The van der Waals surface area contributed by atoms with Crippen LogP contribution in [-0.2, 0) is 4.79 Å². The van der Waals surface area contributed by atoms with Crippen LogP contribution in [0.25, 0.3) is 0 Å². The van der Waals surface area contributed by atoms with Crippen LogP contribution < -0.4 is 16.0 Å². The Morgan fingerprint density at radius 1 is 1.25 bits per heavy atom. The second-order valence-electron chi connectivity index (χ2n) is 6.00. The van der Waals surface area contributed by atoms with E-state index in [9.17, 15) is 9.59 Å². The quantitative estimate of drug-likeness (QED) is 0.756. The zero-order valence-electron chi connectivity index (χ0n) is 13.6. The smallest absolute Gasteiger partial charge is 0.251 e. The lowest BCUT2D eigenvalue weighted by Crippen LogP contribution is -2.32. The van der Waals surface area contributed by atoms with Crippen molar-refractivity contribution in [3.63, 3.8) is 0 Å². The molecule has 3 rings (SSSR count). The standard InChI is InChI=1S/C17H20N4O3/c1-10-9-15(21-24-10)20-16(22)11(2)18-13-5-3-12(4-6-13)17(23)19-14-7-8-14/h3-6,9,11,14,18H,7-8H2,1-2H3,(H,19,23)(H,20,21,22). The molecule has 1 heterocycles. The number of carbonyl (C=O) groups is 2. The van der Waals surface area contributed by atoms with E-state index in [0.717, 1.165) is 18.5 Å². The molecule has 2 aromatic rings. The van der Waals surface area contributed by atoms with Crippen molar-refractivity contribution in [2.75, 3.05) is 10.6 Å². The molecule has 2 amide bonds. The normalized spacial score (nSPS) is 14.8. The molecule has 1 fully saturated rings. The van der Waals surface area contributed by atoms with Crippen LogP contribution in [0.3, 0.4) is 0 Å². The number of carbonyl (C=O) groups excluding carboxylic acids is 2. The molecule has 1 aliphatic carbocycles. The van der Waals surface area contributed by atoms with Gasteiger partial charge < -0.3 is 20.5 Å². The highest BCUT2D eigenvalue weighted by atomic mass is 16.5. The number of aryl methyl sites for hydroxylation is 1. The molecule has 0 bridgehead atoms.